The molecule has 3 rings (SSSR count). The standard InChI is InChI=1S/C21H32F2N4O/c1-24-21(25-11-14-28-18-7-8-19(22)20(23)15-18)26-16-9-12-27(13-10-16)17-5-3-2-4-6-17/h7-8,15-17H,2-6,9-14H2,1H3,(H2,24,25,26). The second kappa shape index (κ2) is 10.6. The van der Waals surface area contributed by atoms with Crippen molar-refractivity contribution in [2.75, 3.05) is 33.3 Å². The molecule has 1 aromatic carbocycles. The number of nitrogens with one attached hydrogen (secondary N) is 2. The summed E-state index contributed by atoms with van der Waals surface area (Å²) in [4.78, 5) is 6.95. The number of piperidine rings is 1. The summed E-state index contributed by atoms with van der Waals surface area (Å²) in [5.41, 5.74) is 0. The van der Waals surface area contributed by atoms with Gasteiger partial charge in [-0.15, -0.1) is 0 Å². The van der Waals surface area contributed by atoms with Gasteiger partial charge in [0.2, 0.25) is 0 Å². The van der Waals surface area contributed by atoms with Crippen LogP contribution in [-0.2, 0) is 0 Å². The van der Waals surface area contributed by atoms with E-state index in [2.05, 4.69) is 20.5 Å². The van der Waals surface area contributed by atoms with Crippen molar-refractivity contribution >= 4 is 5.96 Å². The second-order valence-corrected chi connectivity index (χ2v) is 7.67. The summed E-state index contributed by atoms with van der Waals surface area (Å²) in [7, 11) is 1.75. The summed E-state index contributed by atoms with van der Waals surface area (Å²) in [6, 6.07) is 4.77. The molecule has 7 heteroatoms. The summed E-state index contributed by atoms with van der Waals surface area (Å²) in [6.45, 7) is 3.17. The van der Waals surface area contributed by atoms with E-state index in [0.717, 1.165) is 50.1 Å². The van der Waals surface area contributed by atoms with Crippen molar-refractivity contribution in [3.8, 4) is 5.75 Å². The Kier molecular flexibility index (Phi) is 7.89. The van der Waals surface area contributed by atoms with E-state index in [0.29, 0.717) is 24.9 Å². The molecule has 5 nitrogen and oxygen atoms in total. The second-order valence-electron chi connectivity index (χ2n) is 7.67. The van der Waals surface area contributed by atoms with Gasteiger partial charge in [-0.3, -0.25) is 4.99 Å². The van der Waals surface area contributed by atoms with Crippen molar-refractivity contribution in [2.45, 2.75) is 57.0 Å². The van der Waals surface area contributed by atoms with Gasteiger partial charge in [-0.1, -0.05) is 19.3 Å². The quantitative estimate of drug-likeness (QED) is 0.442. The Labute approximate surface area is 166 Å². The number of benzene rings is 1. The summed E-state index contributed by atoms with van der Waals surface area (Å²) in [5.74, 6) is -0.698. The molecule has 1 saturated carbocycles. The minimum absolute atomic E-state index is 0.318. The van der Waals surface area contributed by atoms with Crippen molar-refractivity contribution in [3.05, 3.63) is 29.8 Å². The van der Waals surface area contributed by atoms with Gasteiger partial charge in [0.15, 0.2) is 17.6 Å². The Hall–Kier alpha value is -1.89. The van der Waals surface area contributed by atoms with Crippen LogP contribution in [0.3, 0.4) is 0 Å². The number of hydrogen-bond acceptors (Lipinski definition) is 3. The van der Waals surface area contributed by atoms with Gasteiger partial charge in [-0.25, -0.2) is 8.78 Å². The maximum Gasteiger partial charge on any atom is 0.191 e. The molecule has 156 valence electrons. The number of halogens is 2. The molecule has 2 fully saturated rings. The zero-order valence-corrected chi connectivity index (χ0v) is 16.7. The Morgan fingerprint density at radius 3 is 2.54 bits per heavy atom. The van der Waals surface area contributed by atoms with Crippen LogP contribution in [0.15, 0.2) is 23.2 Å². The highest BCUT2D eigenvalue weighted by Crippen LogP contribution is 2.25. The van der Waals surface area contributed by atoms with E-state index < -0.39 is 11.6 Å². The number of guanidine groups is 1. The average Bonchev–Trinajstić information content (AvgIpc) is 2.74. The van der Waals surface area contributed by atoms with Gasteiger partial charge in [0.05, 0.1) is 6.54 Å². The molecule has 0 spiro atoms. The third kappa shape index (κ3) is 6.06. The van der Waals surface area contributed by atoms with E-state index in [1.165, 1.54) is 38.2 Å². The molecule has 1 aliphatic carbocycles. The third-order valence-electron chi connectivity index (χ3n) is 5.74. The van der Waals surface area contributed by atoms with Crippen molar-refractivity contribution in [1.29, 1.82) is 0 Å². The van der Waals surface area contributed by atoms with Crippen molar-refractivity contribution < 1.29 is 13.5 Å². The summed E-state index contributed by atoms with van der Waals surface area (Å²) < 4.78 is 31.5. The number of hydrogen-bond donors (Lipinski definition) is 2. The van der Waals surface area contributed by atoms with E-state index in [1.54, 1.807) is 7.05 Å². The van der Waals surface area contributed by atoms with E-state index in [9.17, 15) is 8.78 Å². The number of aliphatic imine (C=N–C) groups is 1. The van der Waals surface area contributed by atoms with Crippen LogP contribution in [0.1, 0.15) is 44.9 Å². The van der Waals surface area contributed by atoms with Crippen molar-refractivity contribution in [3.63, 3.8) is 0 Å². The molecule has 1 aliphatic heterocycles. The molecule has 1 heterocycles. The third-order valence-corrected chi connectivity index (χ3v) is 5.74. The van der Waals surface area contributed by atoms with Gasteiger partial charge in [-0.05, 0) is 37.8 Å². The number of likely N-dealkylation sites (tertiary alicyclic amines) is 1. The van der Waals surface area contributed by atoms with E-state index >= 15 is 0 Å². The highest BCUT2D eigenvalue weighted by atomic mass is 19.2. The molecular weight excluding hydrogens is 362 g/mol. The molecule has 2 N–H and O–H groups in total. The first-order valence-corrected chi connectivity index (χ1v) is 10.4. The predicted molar refractivity (Wildman–Crippen MR) is 108 cm³/mol. The molecular formula is C21H32F2N4O. The van der Waals surface area contributed by atoms with Crippen molar-refractivity contribution in [2.24, 2.45) is 4.99 Å². The Balaban J connectivity index is 1.34. The molecule has 28 heavy (non-hydrogen) atoms. The zero-order chi connectivity index (χ0) is 19.8. The molecule has 0 atom stereocenters. The average molecular weight is 395 g/mol. The van der Waals surface area contributed by atoms with Gasteiger partial charge in [-0.2, -0.15) is 0 Å². The highest BCUT2D eigenvalue weighted by molar-refractivity contribution is 5.79. The first-order valence-electron chi connectivity index (χ1n) is 10.4. The molecule has 0 aromatic heterocycles. The maximum absolute atomic E-state index is 13.2. The topological polar surface area (TPSA) is 48.9 Å². The zero-order valence-electron chi connectivity index (χ0n) is 16.7. The highest BCUT2D eigenvalue weighted by Gasteiger charge is 2.26. The first kappa shape index (κ1) is 20.8. The van der Waals surface area contributed by atoms with Crippen LogP contribution >= 0.6 is 0 Å². The lowest BCUT2D eigenvalue weighted by atomic mass is 9.92. The van der Waals surface area contributed by atoms with Crippen LogP contribution in [0.4, 0.5) is 8.78 Å². The fourth-order valence-corrected chi connectivity index (χ4v) is 4.15. The smallest absolute Gasteiger partial charge is 0.191 e. The summed E-state index contributed by atoms with van der Waals surface area (Å²) in [5, 5.41) is 6.71. The fraction of sp³-hybridized carbons (Fsp3) is 0.667. The van der Waals surface area contributed by atoms with Gasteiger partial charge >= 0.3 is 0 Å². The number of ether oxygens (including phenoxy) is 1. The minimum Gasteiger partial charge on any atom is -0.492 e. The van der Waals surface area contributed by atoms with Gasteiger partial charge in [0, 0.05) is 38.3 Å². The van der Waals surface area contributed by atoms with Gasteiger partial charge < -0.3 is 20.3 Å². The Morgan fingerprint density at radius 2 is 1.86 bits per heavy atom. The van der Waals surface area contributed by atoms with Crippen LogP contribution in [0.5, 0.6) is 5.75 Å². The lowest BCUT2D eigenvalue weighted by Crippen LogP contribution is -2.51. The lowest BCUT2D eigenvalue weighted by Gasteiger charge is -2.39. The molecule has 1 aromatic rings. The van der Waals surface area contributed by atoms with Crippen LogP contribution in [0.2, 0.25) is 0 Å². The van der Waals surface area contributed by atoms with E-state index in [-0.39, 0.29) is 0 Å². The Morgan fingerprint density at radius 1 is 1.11 bits per heavy atom. The van der Waals surface area contributed by atoms with Gasteiger partial charge in [0.25, 0.3) is 0 Å². The SMILES string of the molecule is CN=C(NCCOc1ccc(F)c(F)c1)NC1CCN(C2CCCCC2)CC1. The molecule has 0 unspecified atom stereocenters. The van der Waals surface area contributed by atoms with E-state index in [1.807, 2.05) is 0 Å². The molecule has 2 aliphatic rings. The number of rotatable bonds is 6. The summed E-state index contributed by atoms with van der Waals surface area (Å²) in [6.07, 6.45) is 9.14. The van der Waals surface area contributed by atoms with Crippen LogP contribution in [0.25, 0.3) is 0 Å². The molecule has 0 bridgehead atoms. The van der Waals surface area contributed by atoms with Crippen molar-refractivity contribution in [1.82, 2.24) is 15.5 Å². The van der Waals surface area contributed by atoms with Crippen LogP contribution in [-0.4, -0.2) is 56.2 Å². The first-order chi connectivity index (χ1) is 13.7. The largest absolute Gasteiger partial charge is 0.492 e. The Bertz CT molecular complexity index is 641. The fourth-order valence-electron chi connectivity index (χ4n) is 4.15. The number of nitrogens with zero attached hydrogens (tertiary/aromatic N) is 2. The van der Waals surface area contributed by atoms with Crippen LogP contribution in [0, 0.1) is 11.6 Å². The van der Waals surface area contributed by atoms with Crippen LogP contribution < -0.4 is 15.4 Å². The van der Waals surface area contributed by atoms with E-state index in [4.69, 9.17) is 4.74 Å². The predicted octanol–water partition coefficient (Wildman–Crippen LogP) is 3.31. The maximum atomic E-state index is 13.2. The lowest BCUT2D eigenvalue weighted by molar-refractivity contribution is 0.119. The summed E-state index contributed by atoms with van der Waals surface area (Å²) >= 11 is 0. The normalized spacial score (nSPS) is 20.2. The van der Waals surface area contributed by atoms with Gasteiger partial charge in [0.1, 0.15) is 12.4 Å². The molecule has 0 radical (unpaired) electrons. The molecule has 1 saturated heterocycles. The minimum atomic E-state index is -0.900. The monoisotopic (exact) mass is 394 g/mol. The molecule has 0 amide bonds.